The van der Waals surface area contributed by atoms with Crippen LogP contribution in [0, 0.1) is 0 Å². The summed E-state index contributed by atoms with van der Waals surface area (Å²) in [5.74, 6) is 7.32. The van der Waals surface area contributed by atoms with E-state index in [9.17, 15) is 0 Å². The quantitative estimate of drug-likeness (QED) is 0.268. The van der Waals surface area contributed by atoms with Gasteiger partial charge in [0.2, 0.25) is 0 Å². The Labute approximate surface area is 60.7 Å². The maximum atomic E-state index is 5.06. The van der Waals surface area contributed by atoms with Gasteiger partial charge in [-0.25, -0.2) is 0 Å². The van der Waals surface area contributed by atoms with E-state index in [1.165, 1.54) is 0 Å². The Bertz CT molecular complexity index is 45.5. The highest BCUT2D eigenvalue weighted by Crippen LogP contribution is 1.94. The monoisotopic (exact) mass is 149 g/mol. The van der Waals surface area contributed by atoms with E-state index < -0.39 is 0 Å². The molecule has 0 aliphatic carbocycles. The number of rotatable bonds is 6. The maximum Gasteiger partial charge on any atom is 0.0188 e. The standard InChI is InChI=1S/C5H15N3S/c1-7-2-4-9-5-3-8-6/h7-8H,2-6H2,1H3. The second kappa shape index (κ2) is 8.23. The molecule has 0 fully saturated rings. The molecule has 3 nitrogen and oxygen atoms in total. The average molecular weight is 149 g/mol. The fourth-order valence-electron chi connectivity index (χ4n) is 0.407. The minimum Gasteiger partial charge on any atom is -0.319 e. The van der Waals surface area contributed by atoms with E-state index >= 15 is 0 Å². The molecule has 0 aliphatic rings. The summed E-state index contributed by atoms with van der Waals surface area (Å²) in [7, 11) is 1.96. The van der Waals surface area contributed by atoms with Crippen molar-refractivity contribution in [3.8, 4) is 0 Å². The number of hydrogen-bond acceptors (Lipinski definition) is 4. The third-order valence-electron chi connectivity index (χ3n) is 0.887. The van der Waals surface area contributed by atoms with Gasteiger partial charge in [0.05, 0.1) is 0 Å². The van der Waals surface area contributed by atoms with Crippen molar-refractivity contribution in [1.29, 1.82) is 0 Å². The minimum absolute atomic E-state index is 0.897. The van der Waals surface area contributed by atoms with Gasteiger partial charge in [0.25, 0.3) is 0 Å². The molecule has 0 heterocycles. The summed E-state index contributed by atoms with van der Waals surface area (Å²) in [6.07, 6.45) is 0. The molecule has 0 spiro atoms. The first-order valence-corrected chi connectivity index (χ1v) is 4.23. The number of thioether (sulfide) groups is 1. The molecule has 0 aromatic rings. The van der Waals surface area contributed by atoms with Crippen molar-refractivity contribution in [3.05, 3.63) is 0 Å². The van der Waals surface area contributed by atoms with Gasteiger partial charge >= 0.3 is 0 Å². The molecule has 0 rings (SSSR count). The zero-order chi connectivity index (χ0) is 6.95. The Kier molecular flexibility index (Phi) is 8.44. The Morgan fingerprint density at radius 2 is 2.00 bits per heavy atom. The van der Waals surface area contributed by atoms with Gasteiger partial charge in [-0.05, 0) is 7.05 Å². The van der Waals surface area contributed by atoms with Gasteiger partial charge in [0.15, 0.2) is 0 Å². The van der Waals surface area contributed by atoms with Gasteiger partial charge in [0.1, 0.15) is 0 Å². The molecule has 9 heavy (non-hydrogen) atoms. The van der Waals surface area contributed by atoms with Crippen LogP contribution in [0.1, 0.15) is 0 Å². The maximum absolute atomic E-state index is 5.06. The number of hydrogen-bond donors (Lipinski definition) is 3. The van der Waals surface area contributed by atoms with Crippen LogP contribution in [0.2, 0.25) is 0 Å². The predicted octanol–water partition coefficient (Wildman–Crippen LogP) is -0.598. The Morgan fingerprint density at radius 1 is 1.33 bits per heavy atom. The molecule has 4 N–H and O–H groups in total. The van der Waals surface area contributed by atoms with E-state index in [1.807, 2.05) is 18.8 Å². The summed E-state index contributed by atoms with van der Waals surface area (Å²) in [6.45, 7) is 1.98. The first-order valence-electron chi connectivity index (χ1n) is 3.07. The summed E-state index contributed by atoms with van der Waals surface area (Å²) in [4.78, 5) is 0. The summed E-state index contributed by atoms with van der Waals surface area (Å²) in [6, 6.07) is 0. The van der Waals surface area contributed by atoms with Crippen LogP contribution in [0.25, 0.3) is 0 Å². The van der Waals surface area contributed by atoms with E-state index in [1.54, 1.807) is 0 Å². The van der Waals surface area contributed by atoms with Crippen LogP contribution in [0.15, 0.2) is 0 Å². The number of nitrogens with one attached hydrogen (secondary N) is 2. The van der Waals surface area contributed by atoms with E-state index in [-0.39, 0.29) is 0 Å². The van der Waals surface area contributed by atoms with E-state index in [0.29, 0.717) is 0 Å². The molecule has 0 saturated carbocycles. The molecule has 0 saturated heterocycles. The van der Waals surface area contributed by atoms with Crippen molar-refractivity contribution in [3.63, 3.8) is 0 Å². The van der Waals surface area contributed by atoms with Crippen LogP contribution >= 0.6 is 11.8 Å². The molecule has 0 bridgehead atoms. The van der Waals surface area contributed by atoms with Gasteiger partial charge in [-0.1, -0.05) is 0 Å². The fraction of sp³-hybridized carbons (Fsp3) is 1.00. The van der Waals surface area contributed by atoms with Crippen molar-refractivity contribution in [1.82, 2.24) is 10.7 Å². The Hall–Kier alpha value is 0.230. The van der Waals surface area contributed by atoms with Gasteiger partial charge < -0.3 is 5.32 Å². The fourth-order valence-corrected chi connectivity index (χ4v) is 1.22. The average Bonchev–Trinajstić information content (AvgIpc) is 1.89. The summed E-state index contributed by atoms with van der Waals surface area (Å²) in [5, 5.41) is 3.07. The molecular weight excluding hydrogens is 134 g/mol. The molecule has 0 atom stereocenters. The highest BCUT2D eigenvalue weighted by atomic mass is 32.2. The molecule has 4 heteroatoms. The number of hydrazine groups is 1. The largest absolute Gasteiger partial charge is 0.319 e. The zero-order valence-electron chi connectivity index (χ0n) is 5.81. The predicted molar refractivity (Wildman–Crippen MR) is 43.4 cm³/mol. The van der Waals surface area contributed by atoms with Crippen molar-refractivity contribution in [2.45, 2.75) is 0 Å². The molecule has 0 amide bonds. The van der Waals surface area contributed by atoms with Crippen LogP contribution in [0.3, 0.4) is 0 Å². The van der Waals surface area contributed by atoms with Crippen LogP contribution in [-0.4, -0.2) is 31.6 Å². The lowest BCUT2D eigenvalue weighted by molar-refractivity contribution is 0.786. The molecule has 0 aliphatic heterocycles. The van der Waals surface area contributed by atoms with Crippen molar-refractivity contribution >= 4 is 11.8 Å². The van der Waals surface area contributed by atoms with Gasteiger partial charge in [-0.2, -0.15) is 11.8 Å². The normalized spacial score (nSPS) is 10.0. The second-order valence-electron chi connectivity index (χ2n) is 1.67. The van der Waals surface area contributed by atoms with E-state index in [4.69, 9.17) is 5.84 Å². The lowest BCUT2D eigenvalue weighted by Crippen LogP contribution is -2.24. The van der Waals surface area contributed by atoms with E-state index in [2.05, 4.69) is 10.7 Å². The highest BCUT2D eigenvalue weighted by molar-refractivity contribution is 7.99. The third-order valence-corrected chi connectivity index (χ3v) is 1.87. The molecule has 0 aromatic carbocycles. The molecule has 0 unspecified atom stereocenters. The number of nitrogens with two attached hydrogens (primary N) is 1. The molecule has 56 valence electrons. The summed E-state index contributed by atoms with van der Waals surface area (Å²) in [5.41, 5.74) is 2.60. The van der Waals surface area contributed by atoms with Crippen LogP contribution in [-0.2, 0) is 0 Å². The highest BCUT2D eigenvalue weighted by Gasteiger charge is 1.84. The molecular formula is C5H15N3S. The van der Waals surface area contributed by atoms with Crippen molar-refractivity contribution in [2.75, 3.05) is 31.6 Å². The SMILES string of the molecule is CNCCSCCNN. The zero-order valence-corrected chi connectivity index (χ0v) is 6.63. The molecule has 0 aromatic heterocycles. The van der Waals surface area contributed by atoms with Gasteiger partial charge in [-0.15, -0.1) is 0 Å². The van der Waals surface area contributed by atoms with Gasteiger partial charge in [-0.3, -0.25) is 11.3 Å². The first-order chi connectivity index (χ1) is 4.41. The second-order valence-corrected chi connectivity index (χ2v) is 2.89. The minimum atomic E-state index is 0.897. The van der Waals surface area contributed by atoms with Crippen LogP contribution in [0.4, 0.5) is 0 Å². The lowest BCUT2D eigenvalue weighted by atomic mass is 10.8. The van der Waals surface area contributed by atoms with Crippen LogP contribution in [0.5, 0.6) is 0 Å². The van der Waals surface area contributed by atoms with Crippen LogP contribution < -0.4 is 16.6 Å². The molecule has 0 radical (unpaired) electrons. The van der Waals surface area contributed by atoms with Crippen molar-refractivity contribution < 1.29 is 0 Å². The Morgan fingerprint density at radius 3 is 2.56 bits per heavy atom. The Balaban J connectivity index is 2.60. The smallest absolute Gasteiger partial charge is 0.0188 e. The lowest BCUT2D eigenvalue weighted by Gasteiger charge is -1.98. The first kappa shape index (κ1) is 9.23. The third kappa shape index (κ3) is 8.23. The topological polar surface area (TPSA) is 50.1 Å². The van der Waals surface area contributed by atoms with Gasteiger partial charge in [0, 0.05) is 24.6 Å². The summed E-state index contributed by atoms with van der Waals surface area (Å²) < 4.78 is 0. The van der Waals surface area contributed by atoms with Crippen molar-refractivity contribution in [2.24, 2.45) is 5.84 Å². The van der Waals surface area contributed by atoms with E-state index in [0.717, 1.165) is 24.6 Å². The summed E-state index contributed by atoms with van der Waals surface area (Å²) >= 11 is 1.90.